The second kappa shape index (κ2) is 9.80. The predicted octanol–water partition coefficient (Wildman–Crippen LogP) is 5.90. The molecule has 0 aliphatic carbocycles. The molecule has 4 rings (SSSR count). The first-order valence-corrected chi connectivity index (χ1v) is 11.3. The number of amides is 1. The molecule has 6 nitrogen and oxygen atoms in total. The molecule has 1 aliphatic heterocycles. The number of rotatable bonds is 6. The van der Waals surface area contributed by atoms with Gasteiger partial charge in [0.1, 0.15) is 23.1 Å². The SMILES string of the molecule is COc1ccccc1C1/C(=C(\O)c2cccc(OC(C)C)c2)C(=O)C(=O)N1c1ccc(F)c(Cl)c1. The average Bonchev–Trinajstić information content (AvgIpc) is 3.10. The van der Waals surface area contributed by atoms with Gasteiger partial charge in [0.2, 0.25) is 0 Å². The third-order valence-corrected chi connectivity index (χ3v) is 5.83. The van der Waals surface area contributed by atoms with Crippen molar-refractivity contribution in [3.8, 4) is 11.5 Å². The molecule has 0 radical (unpaired) electrons. The van der Waals surface area contributed by atoms with Crippen LogP contribution in [0.2, 0.25) is 5.02 Å². The molecule has 1 unspecified atom stereocenters. The number of methoxy groups -OCH3 is 1. The summed E-state index contributed by atoms with van der Waals surface area (Å²) in [5.74, 6) is -1.92. The summed E-state index contributed by atoms with van der Waals surface area (Å²) >= 11 is 5.98. The molecule has 35 heavy (non-hydrogen) atoms. The number of aliphatic hydroxyl groups is 1. The van der Waals surface area contributed by atoms with Gasteiger partial charge < -0.3 is 14.6 Å². The van der Waals surface area contributed by atoms with Gasteiger partial charge in [-0.05, 0) is 50.2 Å². The van der Waals surface area contributed by atoms with Gasteiger partial charge in [-0.15, -0.1) is 0 Å². The average molecular weight is 496 g/mol. The van der Waals surface area contributed by atoms with E-state index >= 15 is 0 Å². The maximum absolute atomic E-state index is 13.9. The maximum atomic E-state index is 13.9. The molecule has 0 spiro atoms. The van der Waals surface area contributed by atoms with Crippen molar-refractivity contribution in [3.05, 3.63) is 94.3 Å². The minimum Gasteiger partial charge on any atom is -0.507 e. The number of anilines is 1. The minimum absolute atomic E-state index is 0.102. The molecule has 180 valence electrons. The van der Waals surface area contributed by atoms with Gasteiger partial charge in [0.25, 0.3) is 11.7 Å². The molecule has 0 aromatic heterocycles. The summed E-state index contributed by atoms with van der Waals surface area (Å²) in [6.07, 6.45) is -0.102. The molecule has 1 saturated heterocycles. The van der Waals surface area contributed by atoms with Gasteiger partial charge >= 0.3 is 0 Å². The molecule has 1 aliphatic rings. The van der Waals surface area contributed by atoms with E-state index in [1.165, 1.54) is 24.1 Å². The Morgan fingerprint density at radius 3 is 2.49 bits per heavy atom. The predicted molar refractivity (Wildman–Crippen MR) is 131 cm³/mol. The summed E-state index contributed by atoms with van der Waals surface area (Å²) in [6.45, 7) is 3.74. The van der Waals surface area contributed by atoms with Crippen LogP contribution in [0.5, 0.6) is 11.5 Å². The molecule has 1 atom stereocenters. The van der Waals surface area contributed by atoms with Crippen molar-refractivity contribution in [2.75, 3.05) is 12.0 Å². The fourth-order valence-electron chi connectivity index (χ4n) is 4.06. The van der Waals surface area contributed by atoms with Crippen LogP contribution in [-0.2, 0) is 9.59 Å². The molecule has 8 heteroatoms. The number of para-hydroxylation sites is 1. The largest absolute Gasteiger partial charge is 0.507 e. The minimum atomic E-state index is -1.05. The van der Waals surface area contributed by atoms with Crippen molar-refractivity contribution >= 4 is 34.7 Å². The summed E-state index contributed by atoms with van der Waals surface area (Å²) in [5.41, 5.74) is 0.830. The van der Waals surface area contributed by atoms with E-state index in [9.17, 15) is 19.1 Å². The number of Topliss-reactive ketones (excluding diaryl/α,β-unsaturated/α-hetero) is 1. The van der Waals surface area contributed by atoms with E-state index in [0.29, 0.717) is 22.6 Å². The molecule has 0 bridgehead atoms. The molecule has 1 fully saturated rings. The molecule has 1 heterocycles. The van der Waals surface area contributed by atoms with Gasteiger partial charge in [-0.25, -0.2) is 4.39 Å². The first kappa shape index (κ1) is 24.3. The number of nitrogens with zero attached hydrogens (tertiary/aromatic N) is 1. The van der Waals surface area contributed by atoms with Crippen LogP contribution in [0, 0.1) is 5.82 Å². The molecule has 3 aromatic rings. The van der Waals surface area contributed by atoms with Crippen molar-refractivity contribution in [3.63, 3.8) is 0 Å². The van der Waals surface area contributed by atoms with E-state index in [4.69, 9.17) is 21.1 Å². The highest BCUT2D eigenvalue weighted by molar-refractivity contribution is 6.52. The lowest BCUT2D eigenvalue weighted by Crippen LogP contribution is -2.29. The maximum Gasteiger partial charge on any atom is 0.300 e. The number of halogens is 2. The highest BCUT2D eigenvalue weighted by Crippen LogP contribution is 2.45. The van der Waals surface area contributed by atoms with Crippen LogP contribution in [0.1, 0.15) is 31.0 Å². The lowest BCUT2D eigenvalue weighted by molar-refractivity contribution is -0.132. The van der Waals surface area contributed by atoms with E-state index in [1.54, 1.807) is 48.5 Å². The first-order chi connectivity index (χ1) is 16.7. The van der Waals surface area contributed by atoms with Gasteiger partial charge in [-0.1, -0.05) is 41.9 Å². The first-order valence-electron chi connectivity index (χ1n) is 10.9. The number of carbonyl (C=O) groups is 2. The van der Waals surface area contributed by atoms with E-state index in [2.05, 4.69) is 0 Å². The molecule has 1 amide bonds. The van der Waals surface area contributed by atoms with Gasteiger partial charge in [0.15, 0.2) is 0 Å². The standard InChI is InChI=1S/C27H23ClFNO5/c1-15(2)35-18-8-6-7-16(13-18)25(31)23-24(19-9-4-5-10-22(19)34-3)30(27(33)26(23)32)17-11-12-21(29)20(28)14-17/h4-15,24,31H,1-3H3/b25-23+. The van der Waals surface area contributed by atoms with Crippen molar-refractivity contribution in [2.24, 2.45) is 0 Å². The Bertz CT molecular complexity index is 1340. The van der Waals surface area contributed by atoms with Crippen LogP contribution in [0.3, 0.4) is 0 Å². The Labute approximate surface area is 207 Å². The van der Waals surface area contributed by atoms with E-state index in [-0.39, 0.29) is 28.1 Å². The molecule has 1 N–H and O–H groups in total. The zero-order chi connectivity index (χ0) is 25.3. The number of ketones is 1. The Morgan fingerprint density at radius 1 is 1.06 bits per heavy atom. The van der Waals surface area contributed by atoms with Gasteiger partial charge in [-0.3, -0.25) is 14.5 Å². The Kier molecular flexibility index (Phi) is 6.80. The highest BCUT2D eigenvalue weighted by atomic mass is 35.5. The topological polar surface area (TPSA) is 76.1 Å². The smallest absolute Gasteiger partial charge is 0.300 e. The van der Waals surface area contributed by atoms with Crippen molar-refractivity contribution in [1.82, 2.24) is 0 Å². The molecular formula is C27H23ClFNO5. The van der Waals surface area contributed by atoms with Gasteiger partial charge in [-0.2, -0.15) is 0 Å². The highest BCUT2D eigenvalue weighted by Gasteiger charge is 2.48. The Morgan fingerprint density at radius 2 is 1.80 bits per heavy atom. The normalized spacial score (nSPS) is 17.2. The number of aliphatic hydroxyl groups excluding tert-OH is 1. The van der Waals surface area contributed by atoms with Crippen molar-refractivity contribution in [1.29, 1.82) is 0 Å². The fraction of sp³-hybridized carbons (Fsp3) is 0.185. The van der Waals surface area contributed by atoms with Crippen LogP contribution >= 0.6 is 11.6 Å². The van der Waals surface area contributed by atoms with Crippen LogP contribution in [0.4, 0.5) is 10.1 Å². The summed E-state index contributed by atoms with van der Waals surface area (Å²) in [5, 5.41) is 11.1. The zero-order valence-electron chi connectivity index (χ0n) is 19.3. The van der Waals surface area contributed by atoms with Crippen LogP contribution < -0.4 is 14.4 Å². The number of ether oxygens (including phenoxy) is 2. The quantitative estimate of drug-likeness (QED) is 0.262. The van der Waals surface area contributed by atoms with E-state index in [0.717, 1.165) is 6.07 Å². The molecule has 3 aromatic carbocycles. The zero-order valence-corrected chi connectivity index (χ0v) is 20.0. The molecule has 0 saturated carbocycles. The lowest BCUT2D eigenvalue weighted by Gasteiger charge is -2.26. The number of benzene rings is 3. The Hall–Kier alpha value is -3.84. The van der Waals surface area contributed by atoms with Gasteiger partial charge in [0, 0.05) is 16.8 Å². The summed E-state index contributed by atoms with van der Waals surface area (Å²) in [4.78, 5) is 27.8. The van der Waals surface area contributed by atoms with Crippen molar-refractivity contribution < 1.29 is 28.6 Å². The number of hydrogen-bond donors (Lipinski definition) is 1. The number of hydrogen-bond acceptors (Lipinski definition) is 5. The van der Waals surface area contributed by atoms with Crippen LogP contribution in [0.25, 0.3) is 5.76 Å². The Balaban J connectivity index is 1.95. The van der Waals surface area contributed by atoms with Crippen LogP contribution in [-0.4, -0.2) is 30.0 Å². The summed E-state index contributed by atoms with van der Waals surface area (Å²) in [6, 6.07) is 16.2. The third kappa shape index (κ3) is 4.59. The number of carbonyl (C=O) groups excluding carboxylic acids is 2. The lowest BCUT2D eigenvalue weighted by atomic mass is 9.94. The van der Waals surface area contributed by atoms with Crippen molar-refractivity contribution in [2.45, 2.75) is 26.0 Å². The van der Waals surface area contributed by atoms with E-state index in [1.807, 2.05) is 13.8 Å². The fourth-order valence-corrected chi connectivity index (χ4v) is 4.24. The summed E-state index contributed by atoms with van der Waals surface area (Å²) in [7, 11) is 1.46. The van der Waals surface area contributed by atoms with Crippen LogP contribution in [0.15, 0.2) is 72.3 Å². The van der Waals surface area contributed by atoms with E-state index < -0.39 is 23.5 Å². The third-order valence-electron chi connectivity index (χ3n) is 5.54. The molecular weight excluding hydrogens is 473 g/mol. The van der Waals surface area contributed by atoms with Gasteiger partial charge in [0.05, 0.1) is 29.9 Å². The summed E-state index contributed by atoms with van der Waals surface area (Å²) < 4.78 is 25.1. The monoisotopic (exact) mass is 495 g/mol. The second-order valence-corrected chi connectivity index (χ2v) is 8.61. The second-order valence-electron chi connectivity index (χ2n) is 8.20.